The number of nitrogens with zero attached hydrogens (tertiary/aromatic N) is 2. The fourth-order valence-corrected chi connectivity index (χ4v) is 4.10. The van der Waals surface area contributed by atoms with E-state index < -0.39 is 0 Å². The molecule has 0 bridgehead atoms. The summed E-state index contributed by atoms with van der Waals surface area (Å²) < 4.78 is 10.7. The third-order valence-corrected chi connectivity index (χ3v) is 5.69. The lowest BCUT2D eigenvalue weighted by molar-refractivity contribution is 0.392. The molecular weight excluding hydrogens is 418 g/mol. The zero-order valence-corrected chi connectivity index (χ0v) is 18.2. The predicted molar refractivity (Wildman–Crippen MR) is 122 cm³/mol. The highest BCUT2D eigenvalue weighted by Crippen LogP contribution is 2.34. The van der Waals surface area contributed by atoms with E-state index in [1.807, 2.05) is 12.1 Å². The summed E-state index contributed by atoms with van der Waals surface area (Å²) in [5.41, 5.74) is 2.93. The molecule has 7 heteroatoms. The molecule has 30 heavy (non-hydrogen) atoms. The number of ether oxygens (including phenoxy) is 2. The van der Waals surface area contributed by atoms with Crippen LogP contribution in [0.4, 0.5) is 0 Å². The molecule has 1 N–H and O–H groups in total. The van der Waals surface area contributed by atoms with Crippen molar-refractivity contribution in [1.29, 1.82) is 5.41 Å². The first kappa shape index (κ1) is 21.6. The molecule has 3 aromatic rings. The van der Waals surface area contributed by atoms with Crippen LogP contribution >= 0.6 is 22.9 Å². The fraction of sp³-hybridized carbons (Fsp3) is 0.174. The van der Waals surface area contributed by atoms with Gasteiger partial charge in [-0.3, -0.25) is 4.98 Å². The molecular formula is C23H20ClN3O2S. The van der Waals surface area contributed by atoms with Crippen molar-refractivity contribution in [2.24, 2.45) is 0 Å². The van der Waals surface area contributed by atoms with E-state index in [9.17, 15) is 0 Å². The SMILES string of the molecule is C=CC#CCc1sc(C(=N)Cc2cc(Cl)c(OC)cc2OC)nc1-c1ccncc1. The molecule has 0 aliphatic carbocycles. The van der Waals surface area contributed by atoms with Gasteiger partial charge in [-0.15, -0.1) is 11.3 Å². The number of aromatic nitrogens is 2. The number of allylic oxidation sites excluding steroid dienone is 1. The zero-order chi connectivity index (χ0) is 21.5. The topological polar surface area (TPSA) is 68.1 Å². The summed E-state index contributed by atoms with van der Waals surface area (Å²) in [5.74, 6) is 7.08. The van der Waals surface area contributed by atoms with E-state index in [2.05, 4.69) is 23.4 Å². The van der Waals surface area contributed by atoms with Crippen LogP contribution in [0.2, 0.25) is 5.02 Å². The van der Waals surface area contributed by atoms with Gasteiger partial charge < -0.3 is 14.9 Å². The van der Waals surface area contributed by atoms with Gasteiger partial charge in [-0.1, -0.05) is 30.0 Å². The second kappa shape index (κ2) is 10.1. The van der Waals surface area contributed by atoms with Crippen LogP contribution in [0, 0.1) is 17.3 Å². The summed E-state index contributed by atoms with van der Waals surface area (Å²) in [5, 5.41) is 9.75. The van der Waals surface area contributed by atoms with Crippen molar-refractivity contribution >= 4 is 28.6 Å². The molecule has 2 heterocycles. The number of nitrogens with one attached hydrogen (secondary N) is 1. The molecule has 1 aromatic carbocycles. The van der Waals surface area contributed by atoms with E-state index in [1.165, 1.54) is 11.3 Å². The standard InChI is InChI=1S/C23H20ClN3O2S/c1-4-5-6-7-21-22(15-8-10-26-11-9-15)27-23(30-21)18(25)13-16-12-17(24)20(29-3)14-19(16)28-2/h4,8-12,14,25H,1,7,13H2,2-3H3. The zero-order valence-electron chi connectivity index (χ0n) is 16.7. The highest BCUT2D eigenvalue weighted by Gasteiger charge is 2.18. The van der Waals surface area contributed by atoms with Crippen molar-refractivity contribution in [2.75, 3.05) is 14.2 Å². The molecule has 0 spiro atoms. The lowest BCUT2D eigenvalue weighted by atomic mass is 10.1. The van der Waals surface area contributed by atoms with E-state index in [-0.39, 0.29) is 0 Å². The van der Waals surface area contributed by atoms with E-state index in [0.717, 1.165) is 21.7 Å². The lowest BCUT2D eigenvalue weighted by Crippen LogP contribution is -2.05. The van der Waals surface area contributed by atoms with Crippen LogP contribution in [0.1, 0.15) is 15.4 Å². The second-order valence-electron chi connectivity index (χ2n) is 6.18. The Labute approximate surface area is 184 Å². The van der Waals surface area contributed by atoms with Crippen LogP contribution in [-0.4, -0.2) is 29.9 Å². The van der Waals surface area contributed by atoms with Crippen molar-refractivity contribution in [3.8, 4) is 34.6 Å². The van der Waals surface area contributed by atoms with Crippen molar-refractivity contribution in [3.05, 3.63) is 69.8 Å². The smallest absolute Gasteiger partial charge is 0.141 e. The van der Waals surface area contributed by atoms with Gasteiger partial charge in [-0.05, 0) is 24.3 Å². The molecule has 5 nitrogen and oxygen atoms in total. The highest BCUT2D eigenvalue weighted by atomic mass is 35.5. The Morgan fingerprint density at radius 1 is 1.23 bits per heavy atom. The van der Waals surface area contributed by atoms with Gasteiger partial charge >= 0.3 is 0 Å². The molecule has 0 aliphatic heterocycles. The van der Waals surface area contributed by atoms with Crippen molar-refractivity contribution in [3.63, 3.8) is 0 Å². The molecule has 0 radical (unpaired) electrons. The van der Waals surface area contributed by atoms with Gasteiger partial charge in [0.15, 0.2) is 0 Å². The Morgan fingerprint density at radius 3 is 2.63 bits per heavy atom. The molecule has 0 saturated carbocycles. The molecule has 0 fully saturated rings. The number of benzene rings is 1. The van der Waals surface area contributed by atoms with E-state index in [0.29, 0.717) is 40.1 Å². The van der Waals surface area contributed by atoms with Gasteiger partial charge in [0, 0.05) is 47.3 Å². The summed E-state index contributed by atoms with van der Waals surface area (Å²) in [6, 6.07) is 7.30. The number of pyridine rings is 1. The average molecular weight is 438 g/mol. The number of hydrogen-bond donors (Lipinski definition) is 1. The van der Waals surface area contributed by atoms with Gasteiger partial charge in [0.1, 0.15) is 16.5 Å². The van der Waals surface area contributed by atoms with Crippen LogP contribution < -0.4 is 9.47 Å². The largest absolute Gasteiger partial charge is 0.496 e. The summed E-state index contributed by atoms with van der Waals surface area (Å²) in [6.45, 7) is 3.63. The Morgan fingerprint density at radius 2 is 1.97 bits per heavy atom. The van der Waals surface area contributed by atoms with Crippen molar-refractivity contribution in [1.82, 2.24) is 9.97 Å². The normalized spacial score (nSPS) is 10.1. The molecule has 0 aliphatic rings. The third-order valence-electron chi connectivity index (χ3n) is 4.28. The monoisotopic (exact) mass is 437 g/mol. The predicted octanol–water partition coefficient (Wildman–Crippen LogP) is 5.22. The minimum atomic E-state index is 0.327. The van der Waals surface area contributed by atoms with Gasteiger partial charge in [0.2, 0.25) is 0 Å². The number of rotatable bonds is 7. The second-order valence-corrected chi connectivity index (χ2v) is 7.67. The maximum absolute atomic E-state index is 8.65. The summed E-state index contributed by atoms with van der Waals surface area (Å²) >= 11 is 7.74. The van der Waals surface area contributed by atoms with E-state index >= 15 is 0 Å². The van der Waals surface area contributed by atoms with E-state index in [1.54, 1.807) is 44.8 Å². The van der Waals surface area contributed by atoms with Crippen molar-refractivity contribution in [2.45, 2.75) is 12.8 Å². The fourth-order valence-electron chi connectivity index (χ4n) is 2.87. The maximum atomic E-state index is 8.65. The Kier molecular flexibility index (Phi) is 7.23. The highest BCUT2D eigenvalue weighted by molar-refractivity contribution is 7.14. The van der Waals surface area contributed by atoms with Crippen LogP contribution in [0.25, 0.3) is 11.3 Å². The first-order chi connectivity index (χ1) is 14.6. The first-order valence-electron chi connectivity index (χ1n) is 9.05. The summed E-state index contributed by atoms with van der Waals surface area (Å²) in [6.07, 6.45) is 5.88. The Balaban J connectivity index is 1.95. The Bertz CT molecular complexity index is 1130. The van der Waals surface area contributed by atoms with E-state index in [4.69, 9.17) is 31.5 Å². The minimum absolute atomic E-state index is 0.327. The summed E-state index contributed by atoms with van der Waals surface area (Å²) in [4.78, 5) is 9.81. The molecule has 2 aromatic heterocycles. The van der Waals surface area contributed by atoms with Gasteiger partial charge in [-0.2, -0.15) is 0 Å². The molecule has 0 amide bonds. The van der Waals surface area contributed by atoms with Crippen molar-refractivity contribution < 1.29 is 9.47 Å². The minimum Gasteiger partial charge on any atom is -0.496 e. The number of hydrogen-bond acceptors (Lipinski definition) is 6. The third kappa shape index (κ3) is 4.88. The first-order valence-corrected chi connectivity index (χ1v) is 10.2. The Hall–Kier alpha value is -3.14. The van der Waals surface area contributed by atoms with Gasteiger partial charge in [-0.25, -0.2) is 4.98 Å². The number of halogens is 1. The number of thiazole rings is 1. The van der Waals surface area contributed by atoms with Crippen LogP contribution in [0.3, 0.4) is 0 Å². The van der Waals surface area contributed by atoms with Crippen LogP contribution in [-0.2, 0) is 12.8 Å². The average Bonchev–Trinajstić information content (AvgIpc) is 3.19. The summed E-state index contributed by atoms with van der Waals surface area (Å²) in [7, 11) is 3.13. The molecule has 0 saturated heterocycles. The number of methoxy groups -OCH3 is 2. The maximum Gasteiger partial charge on any atom is 0.141 e. The van der Waals surface area contributed by atoms with Gasteiger partial charge in [0.25, 0.3) is 0 Å². The molecule has 0 unspecified atom stereocenters. The van der Waals surface area contributed by atoms with Crippen LogP contribution in [0.5, 0.6) is 11.5 Å². The molecule has 3 rings (SSSR count). The molecule has 152 valence electrons. The van der Waals surface area contributed by atoms with Gasteiger partial charge in [0.05, 0.1) is 30.6 Å². The lowest BCUT2D eigenvalue weighted by Gasteiger charge is -2.12. The molecule has 0 atom stereocenters. The quantitative estimate of drug-likeness (QED) is 0.406. The van der Waals surface area contributed by atoms with Crippen LogP contribution in [0.15, 0.2) is 49.3 Å².